The number of anilines is 1. The van der Waals surface area contributed by atoms with E-state index in [4.69, 9.17) is 0 Å². The molecule has 0 saturated heterocycles. The van der Waals surface area contributed by atoms with E-state index < -0.39 is 17.8 Å². The molecule has 0 aromatic carbocycles. The predicted molar refractivity (Wildman–Crippen MR) is 63.3 cm³/mol. The Kier molecular flexibility index (Phi) is 5.39. The Hall–Kier alpha value is -2.51. The van der Waals surface area contributed by atoms with Crippen molar-refractivity contribution >= 4 is 23.7 Å². The average Bonchev–Trinajstić information content (AvgIpc) is 2.44. The Labute approximate surface area is 109 Å². The smallest absolute Gasteiger partial charge is 0.358 e. The summed E-state index contributed by atoms with van der Waals surface area (Å²) >= 11 is 0. The number of rotatable bonds is 5. The summed E-state index contributed by atoms with van der Waals surface area (Å²) in [6.45, 7) is 0. The van der Waals surface area contributed by atoms with E-state index in [-0.39, 0.29) is 24.4 Å². The molecule has 0 aliphatic rings. The van der Waals surface area contributed by atoms with Gasteiger partial charge in [0.05, 0.1) is 20.6 Å². The standard InChI is InChI=1S/C11H13N3O5/c1-18-10(16)6-5-9(15)12-8-4-3-7(13-14-8)11(17)19-2/h3-4H,5-6H2,1-2H3,(H,12,14,15). The molecular formula is C11H13N3O5. The van der Waals surface area contributed by atoms with Crippen molar-refractivity contribution in [2.24, 2.45) is 0 Å². The lowest BCUT2D eigenvalue weighted by Crippen LogP contribution is -2.15. The third kappa shape index (κ3) is 4.70. The number of ether oxygens (including phenoxy) is 2. The minimum Gasteiger partial charge on any atom is -0.469 e. The number of hydrogen-bond acceptors (Lipinski definition) is 7. The predicted octanol–water partition coefficient (Wildman–Crippen LogP) is 0.155. The molecule has 0 bridgehead atoms. The van der Waals surface area contributed by atoms with E-state index >= 15 is 0 Å². The zero-order valence-electron chi connectivity index (χ0n) is 10.5. The van der Waals surface area contributed by atoms with Gasteiger partial charge in [-0.05, 0) is 12.1 Å². The molecule has 0 radical (unpaired) electrons. The zero-order valence-corrected chi connectivity index (χ0v) is 10.5. The fraction of sp³-hybridized carbons (Fsp3) is 0.364. The van der Waals surface area contributed by atoms with Crippen molar-refractivity contribution in [1.29, 1.82) is 0 Å². The van der Waals surface area contributed by atoms with Crippen molar-refractivity contribution in [3.05, 3.63) is 17.8 Å². The fourth-order valence-corrected chi connectivity index (χ4v) is 1.14. The summed E-state index contributed by atoms with van der Waals surface area (Å²) in [5.74, 6) is -1.30. The molecule has 0 fully saturated rings. The summed E-state index contributed by atoms with van der Waals surface area (Å²) in [6.07, 6.45) is -0.0386. The molecule has 1 aromatic rings. The number of carbonyl (C=O) groups is 3. The van der Waals surface area contributed by atoms with Gasteiger partial charge in [0.15, 0.2) is 11.5 Å². The van der Waals surface area contributed by atoms with Gasteiger partial charge in [0.2, 0.25) is 5.91 Å². The number of methoxy groups -OCH3 is 2. The van der Waals surface area contributed by atoms with Crippen LogP contribution in [0.25, 0.3) is 0 Å². The SMILES string of the molecule is COC(=O)CCC(=O)Nc1ccc(C(=O)OC)nn1. The first-order valence-corrected chi connectivity index (χ1v) is 5.35. The maximum Gasteiger partial charge on any atom is 0.358 e. The lowest BCUT2D eigenvalue weighted by molar-refractivity contribution is -0.141. The molecule has 0 atom stereocenters. The summed E-state index contributed by atoms with van der Waals surface area (Å²) in [5, 5.41) is 9.65. The van der Waals surface area contributed by atoms with Crippen molar-refractivity contribution in [2.75, 3.05) is 19.5 Å². The lowest BCUT2D eigenvalue weighted by atomic mass is 10.3. The highest BCUT2D eigenvalue weighted by molar-refractivity contribution is 5.92. The Morgan fingerprint density at radius 1 is 1.11 bits per heavy atom. The van der Waals surface area contributed by atoms with Crippen molar-refractivity contribution < 1.29 is 23.9 Å². The van der Waals surface area contributed by atoms with Gasteiger partial charge in [0, 0.05) is 6.42 Å². The molecule has 0 spiro atoms. The molecule has 1 heterocycles. The van der Waals surface area contributed by atoms with Crippen LogP contribution in [0, 0.1) is 0 Å². The van der Waals surface area contributed by atoms with E-state index in [2.05, 4.69) is 25.0 Å². The third-order valence-electron chi connectivity index (χ3n) is 2.11. The average molecular weight is 267 g/mol. The summed E-state index contributed by atoms with van der Waals surface area (Å²) in [5.41, 5.74) is 0.0371. The van der Waals surface area contributed by atoms with Crippen molar-refractivity contribution in [3.63, 3.8) is 0 Å². The van der Waals surface area contributed by atoms with Gasteiger partial charge in [-0.2, -0.15) is 0 Å². The molecule has 102 valence electrons. The molecule has 1 aromatic heterocycles. The molecule has 0 unspecified atom stereocenters. The highest BCUT2D eigenvalue weighted by atomic mass is 16.5. The molecule has 0 aliphatic carbocycles. The second kappa shape index (κ2) is 7.04. The van der Waals surface area contributed by atoms with Gasteiger partial charge < -0.3 is 14.8 Å². The molecule has 1 amide bonds. The topological polar surface area (TPSA) is 107 Å². The number of aromatic nitrogens is 2. The minimum absolute atomic E-state index is 0.0179. The Balaban J connectivity index is 2.51. The van der Waals surface area contributed by atoms with Crippen LogP contribution in [0.2, 0.25) is 0 Å². The van der Waals surface area contributed by atoms with Crippen LogP contribution in [0.4, 0.5) is 5.82 Å². The van der Waals surface area contributed by atoms with Crippen LogP contribution in [0.15, 0.2) is 12.1 Å². The van der Waals surface area contributed by atoms with E-state index in [1.807, 2.05) is 0 Å². The van der Waals surface area contributed by atoms with Crippen molar-refractivity contribution in [1.82, 2.24) is 10.2 Å². The maximum atomic E-state index is 11.4. The molecule has 8 nitrogen and oxygen atoms in total. The van der Waals surface area contributed by atoms with E-state index in [1.165, 1.54) is 26.4 Å². The van der Waals surface area contributed by atoms with Gasteiger partial charge in [-0.15, -0.1) is 10.2 Å². The molecule has 8 heteroatoms. The number of carbonyl (C=O) groups excluding carboxylic acids is 3. The van der Waals surface area contributed by atoms with Gasteiger partial charge in [-0.1, -0.05) is 0 Å². The number of nitrogens with zero attached hydrogens (tertiary/aromatic N) is 2. The molecule has 0 aliphatic heterocycles. The first kappa shape index (κ1) is 14.6. The molecule has 1 rings (SSSR count). The summed E-state index contributed by atoms with van der Waals surface area (Å²) in [7, 11) is 2.48. The van der Waals surface area contributed by atoms with E-state index in [0.717, 1.165) is 0 Å². The van der Waals surface area contributed by atoms with Gasteiger partial charge in [-0.3, -0.25) is 9.59 Å². The number of hydrogen-bond donors (Lipinski definition) is 1. The van der Waals surface area contributed by atoms with Crippen LogP contribution >= 0.6 is 0 Å². The number of amides is 1. The van der Waals surface area contributed by atoms with Crippen molar-refractivity contribution in [3.8, 4) is 0 Å². The lowest BCUT2D eigenvalue weighted by Gasteiger charge is -2.03. The van der Waals surface area contributed by atoms with E-state index in [1.54, 1.807) is 0 Å². The van der Waals surface area contributed by atoms with Crippen LogP contribution in [0.3, 0.4) is 0 Å². The van der Waals surface area contributed by atoms with Crippen LogP contribution in [-0.2, 0) is 19.1 Å². The summed E-state index contributed by atoms with van der Waals surface area (Å²) in [4.78, 5) is 33.4. The molecule has 0 saturated carbocycles. The minimum atomic E-state index is -0.615. The molecule has 19 heavy (non-hydrogen) atoms. The highest BCUT2D eigenvalue weighted by Gasteiger charge is 2.10. The van der Waals surface area contributed by atoms with Crippen LogP contribution < -0.4 is 5.32 Å². The highest BCUT2D eigenvalue weighted by Crippen LogP contribution is 2.04. The Bertz CT molecular complexity index is 472. The second-order valence-corrected chi connectivity index (χ2v) is 3.42. The van der Waals surface area contributed by atoms with Gasteiger partial charge in [0.1, 0.15) is 0 Å². The van der Waals surface area contributed by atoms with Gasteiger partial charge >= 0.3 is 11.9 Å². The van der Waals surface area contributed by atoms with E-state index in [9.17, 15) is 14.4 Å². The monoisotopic (exact) mass is 267 g/mol. The fourth-order valence-electron chi connectivity index (χ4n) is 1.14. The Morgan fingerprint density at radius 3 is 2.37 bits per heavy atom. The first-order chi connectivity index (χ1) is 9.06. The maximum absolute atomic E-state index is 11.4. The third-order valence-corrected chi connectivity index (χ3v) is 2.11. The second-order valence-electron chi connectivity index (χ2n) is 3.42. The van der Waals surface area contributed by atoms with E-state index in [0.29, 0.717) is 0 Å². The summed E-state index contributed by atoms with van der Waals surface area (Å²) < 4.78 is 8.86. The number of esters is 2. The quantitative estimate of drug-likeness (QED) is 0.757. The molecular weight excluding hydrogens is 254 g/mol. The van der Waals surface area contributed by atoms with Gasteiger partial charge in [-0.25, -0.2) is 4.79 Å². The summed E-state index contributed by atoms with van der Waals surface area (Å²) in [6, 6.07) is 2.78. The van der Waals surface area contributed by atoms with Crippen LogP contribution in [-0.4, -0.2) is 42.3 Å². The zero-order chi connectivity index (χ0) is 14.3. The van der Waals surface area contributed by atoms with Crippen LogP contribution in [0.1, 0.15) is 23.3 Å². The molecule has 1 N–H and O–H groups in total. The Morgan fingerprint density at radius 2 is 1.84 bits per heavy atom. The largest absolute Gasteiger partial charge is 0.469 e. The normalized spacial score (nSPS) is 9.58. The van der Waals surface area contributed by atoms with Gasteiger partial charge in [0.25, 0.3) is 0 Å². The van der Waals surface area contributed by atoms with Crippen LogP contribution in [0.5, 0.6) is 0 Å². The first-order valence-electron chi connectivity index (χ1n) is 5.35. The number of nitrogens with one attached hydrogen (secondary N) is 1. The van der Waals surface area contributed by atoms with Crippen molar-refractivity contribution in [2.45, 2.75) is 12.8 Å².